The van der Waals surface area contributed by atoms with Crippen LogP contribution in [0.25, 0.3) is 0 Å². The maximum atomic E-state index is 12.6. The minimum absolute atomic E-state index is 0.0616. The van der Waals surface area contributed by atoms with Crippen LogP contribution in [0.3, 0.4) is 0 Å². The van der Waals surface area contributed by atoms with E-state index in [0.29, 0.717) is 11.3 Å². The van der Waals surface area contributed by atoms with E-state index in [1.807, 2.05) is 25.1 Å². The van der Waals surface area contributed by atoms with Gasteiger partial charge in [0.2, 0.25) is 11.8 Å². The zero-order valence-corrected chi connectivity index (χ0v) is 16.2. The van der Waals surface area contributed by atoms with E-state index < -0.39 is 9.84 Å². The average Bonchev–Trinajstić information content (AvgIpc) is 2.94. The van der Waals surface area contributed by atoms with Crippen LogP contribution in [0.5, 0.6) is 0 Å². The molecule has 3 rings (SSSR count). The molecule has 6 nitrogen and oxygen atoms in total. The number of likely N-dealkylation sites (N-methyl/N-ethyl adjacent to an activating group) is 1. The van der Waals surface area contributed by atoms with Crippen molar-refractivity contribution in [1.82, 2.24) is 0 Å². The number of nitrogens with zero attached hydrogens (tertiary/aromatic N) is 1. The number of aryl methyl sites for hydroxylation is 1. The first kappa shape index (κ1) is 19.1. The summed E-state index contributed by atoms with van der Waals surface area (Å²) in [7, 11) is -1.94. The van der Waals surface area contributed by atoms with Gasteiger partial charge in [0, 0.05) is 24.8 Å². The van der Waals surface area contributed by atoms with Gasteiger partial charge in [-0.05, 0) is 41.8 Å². The molecule has 1 N–H and O–H groups in total. The molecule has 0 saturated heterocycles. The monoisotopic (exact) mass is 386 g/mol. The molecule has 0 fully saturated rings. The Morgan fingerprint density at radius 2 is 1.93 bits per heavy atom. The SMILES string of the molecule is CCc1ccccc1NC(=O)CCS(=O)(=O)c1ccc2c(c1)CC(=O)N2C. The highest BCUT2D eigenvalue weighted by Gasteiger charge is 2.26. The van der Waals surface area contributed by atoms with Crippen molar-refractivity contribution < 1.29 is 18.0 Å². The number of anilines is 2. The molecule has 1 heterocycles. The molecule has 27 heavy (non-hydrogen) atoms. The molecule has 142 valence electrons. The Balaban J connectivity index is 1.68. The number of hydrogen-bond donors (Lipinski definition) is 1. The van der Waals surface area contributed by atoms with Gasteiger partial charge < -0.3 is 10.2 Å². The van der Waals surface area contributed by atoms with Crippen LogP contribution < -0.4 is 10.2 Å². The van der Waals surface area contributed by atoms with Gasteiger partial charge in [-0.2, -0.15) is 0 Å². The molecule has 1 aliphatic heterocycles. The summed E-state index contributed by atoms with van der Waals surface area (Å²) >= 11 is 0. The molecule has 2 amide bonds. The molecular formula is C20H22N2O4S. The van der Waals surface area contributed by atoms with Crippen molar-refractivity contribution in [1.29, 1.82) is 0 Å². The zero-order chi connectivity index (χ0) is 19.6. The number of rotatable bonds is 6. The largest absolute Gasteiger partial charge is 0.326 e. The van der Waals surface area contributed by atoms with Crippen molar-refractivity contribution in [3.05, 3.63) is 53.6 Å². The predicted octanol–water partition coefficient (Wildman–Crippen LogP) is 2.57. The lowest BCUT2D eigenvalue weighted by molar-refractivity contribution is -0.117. The number of benzene rings is 2. The second-order valence-corrected chi connectivity index (χ2v) is 8.66. The Bertz CT molecular complexity index is 999. The molecular weight excluding hydrogens is 364 g/mol. The Morgan fingerprint density at radius 3 is 2.67 bits per heavy atom. The van der Waals surface area contributed by atoms with Crippen LogP contribution in [-0.2, 0) is 32.3 Å². The molecule has 0 saturated carbocycles. The van der Waals surface area contributed by atoms with E-state index >= 15 is 0 Å². The molecule has 0 spiro atoms. The van der Waals surface area contributed by atoms with Gasteiger partial charge in [-0.1, -0.05) is 25.1 Å². The number of sulfone groups is 1. The van der Waals surface area contributed by atoms with Crippen LogP contribution in [0.1, 0.15) is 24.5 Å². The van der Waals surface area contributed by atoms with Crippen LogP contribution in [0.4, 0.5) is 11.4 Å². The Hall–Kier alpha value is -2.67. The Labute approximate surface area is 159 Å². The number of carbonyl (C=O) groups excluding carboxylic acids is 2. The van der Waals surface area contributed by atoms with E-state index in [0.717, 1.165) is 17.7 Å². The number of para-hydroxylation sites is 1. The van der Waals surface area contributed by atoms with Gasteiger partial charge in [0.1, 0.15) is 0 Å². The van der Waals surface area contributed by atoms with E-state index in [1.54, 1.807) is 19.2 Å². The molecule has 0 unspecified atom stereocenters. The third-order valence-electron chi connectivity index (χ3n) is 4.76. The molecule has 0 radical (unpaired) electrons. The smallest absolute Gasteiger partial charge is 0.231 e. The first-order valence-electron chi connectivity index (χ1n) is 8.82. The first-order valence-corrected chi connectivity index (χ1v) is 10.5. The molecule has 0 aromatic heterocycles. The van der Waals surface area contributed by atoms with Crippen LogP contribution in [0, 0.1) is 0 Å². The summed E-state index contributed by atoms with van der Waals surface area (Å²) in [6, 6.07) is 12.1. The lowest BCUT2D eigenvalue weighted by atomic mass is 10.1. The van der Waals surface area contributed by atoms with Gasteiger partial charge in [-0.25, -0.2) is 8.42 Å². The van der Waals surface area contributed by atoms with Crippen molar-refractivity contribution in [3.8, 4) is 0 Å². The highest BCUT2D eigenvalue weighted by molar-refractivity contribution is 7.91. The van der Waals surface area contributed by atoms with E-state index in [4.69, 9.17) is 0 Å². The van der Waals surface area contributed by atoms with Crippen molar-refractivity contribution in [3.63, 3.8) is 0 Å². The summed E-state index contributed by atoms with van der Waals surface area (Å²) in [5.74, 6) is -0.681. The fraction of sp³-hybridized carbons (Fsp3) is 0.300. The Morgan fingerprint density at radius 1 is 1.19 bits per heavy atom. The van der Waals surface area contributed by atoms with Gasteiger partial charge in [0.05, 0.1) is 17.1 Å². The second-order valence-electron chi connectivity index (χ2n) is 6.55. The molecule has 0 bridgehead atoms. The summed E-state index contributed by atoms with van der Waals surface area (Å²) < 4.78 is 25.2. The second kappa shape index (κ2) is 7.52. The Kier molecular flexibility index (Phi) is 5.32. The van der Waals surface area contributed by atoms with Gasteiger partial charge in [0.25, 0.3) is 0 Å². The minimum Gasteiger partial charge on any atom is -0.326 e. The van der Waals surface area contributed by atoms with Gasteiger partial charge >= 0.3 is 0 Å². The molecule has 7 heteroatoms. The van der Waals surface area contributed by atoms with Gasteiger partial charge in [-0.15, -0.1) is 0 Å². The van der Waals surface area contributed by atoms with Crippen molar-refractivity contribution in [2.75, 3.05) is 23.0 Å². The van der Waals surface area contributed by atoms with Crippen LogP contribution >= 0.6 is 0 Å². The summed E-state index contributed by atoms with van der Waals surface area (Å²) in [4.78, 5) is 25.6. The molecule has 0 aliphatic carbocycles. The number of hydrogen-bond acceptors (Lipinski definition) is 4. The van der Waals surface area contributed by atoms with Crippen molar-refractivity contribution in [2.45, 2.75) is 31.1 Å². The molecule has 2 aromatic carbocycles. The van der Waals surface area contributed by atoms with Crippen LogP contribution in [0.15, 0.2) is 47.4 Å². The minimum atomic E-state index is -3.61. The number of fused-ring (bicyclic) bond motifs is 1. The highest BCUT2D eigenvalue weighted by atomic mass is 32.2. The van der Waals surface area contributed by atoms with Gasteiger partial charge in [0.15, 0.2) is 9.84 Å². The quantitative estimate of drug-likeness (QED) is 0.827. The fourth-order valence-electron chi connectivity index (χ4n) is 3.15. The maximum absolute atomic E-state index is 12.6. The summed E-state index contributed by atoms with van der Waals surface area (Å²) in [6.45, 7) is 1.99. The summed E-state index contributed by atoms with van der Waals surface area (Å²) in [6.07, 6.45) is 0.844. The molecule has 2 aromatic rings. The van der Waals surface area contributed by atoms with E-state index in [-0.39, 0.29) is 35.3 Å². The third-order valence-corrected chi connectivity index (χ3v) is 6.47. The molecule has 1 aliphatic rings. The summed E-state index contributed by atoms with van der Waals surface area (Å²) in [5, 5.41) is 2.78. The summed E-state index contributed by atoms with van der Waals surface area (Å²) in [5.41, 5.74) is 3.14. The van der Waals surface area contributed by atoms with Crippen molar-refractivity contribution >= 4 is 33.0 Å². The molecule has 0 atom stereocenters. The van der Waals surface area contributed by atoms with Crippen LogP contribution in [0.2, 0.25) is 0 Å². The third kappa shape index (κ3) is 4.03. The lowest BCUT2D eigenvalue weighted by Gasteiger charge is -2.11. The number of nitrogens with one attached hydrogen (secondary N) is 1. The standard InChI is InChI=1S/C20H22N2O4S/c1-3-14-6-4-5-7-17(14)21-19(23)10-11-27(25,26)16-8-9-18-15(12-16)13-20(24)22(18)2/h4-9,12H,3,10-11,13H2,1-2H3,(H,21,23). The van der Waals surface area contributed by atoms with E-state index in [2.05, 4.69) is 5.32 Å². The van der Waals surface area contributed by atoms with Crippen LogP contribution in [-0.4, -0.2) is 33.0 Å². The predicted molar refractivity (Wildman–Crippen MR) is 105 cm³/mol. The lowest BCUT2D eigenvalue weighted by Crippen LogP contribution is -2.20. The maximum Gasteiger partial charge on any atom is 0.231 e. The topological polar surface area (TPSA) is 83.5 Å². The van der Waals surface area contributed by atoms with Crippen molar-refractivity contribution in [2.24, 2.45) is 0 Å². The number of carbonyl (C=O) groups is 2. The van der Waals surface area contributed by atoms with E-state index in [9.17, 15) is 18.0 Å². The van der Waals surface area contributed by atoms with E-state index in [1.165, 1.54) is 17.0 Å². The highest BCUT2D eigenvalue weighted by Crippen LogP contribution is 2.30. The fourth-order valence-corrected chi connectivity index (χ4v) is 4.44. The normalized spacial score (nSPS) is 13.6. The first-order chi connectivity index (χ1) is 12.8. The number of amides is 2. The average molecular weight is 386 g/mol. The zero-order valence-electron chi connectivity index (χ0n) is 15.4. The van der Waals surface area contributed by atoms with Gasteiger partial charge in [-0.3, -0.25) is 9.59 Å².